The maximum Gasteiger partial charge on any atom is 0.256 e. The van der Waals surface area contributed by atoms with Crippen LogP contribution in [-0.4, -0.2) is 21.9 Å². The molecule has 1 aromatic heterocycles. The molecule has 25 heavy (non-hydrogen) atoms. The summed E-state index contributed by atoms with van der Waals surface area (Å²) in [7, 11) is 0. The number of carbonyl (C=O) groups excluding carboxylic acids is 1. The van der Waals surface area contributed by atoms with E-state index < -0.39 is 0 Å². The van der Waals surface area contributed by atoms with Gasteiger partial charge in [0.2, 0.25) is 0 Å². The summed E-state index contributed by atoms with van der Waals surface area (Å²) >= 11 is 0. The number of nitrogens with zero attached hydrogens (tertiary/aromatic N) is 1. The number of amides is 1. The number of amidine groups is 1. The summed E-state index contributed by atoms with van der Waals surface area (Å²) in [5.41, 5.74) is 10.6. The number of aromatic nitrogens is 1. The predicted molar refractivity (Wildman–Crippen MR) is 97.0 cm³/mol. The highest BCUT2D eigenvalue weighted by atomic mass is 16.5. The summed E-state index contributed by atoms with van der Waals surface area (Å²) in [6.07, 6.45) is 0. The van der Waals surface area contributed by atoms with Crippen LogP contribution in [0.15, 0.2) is 48.5 Å². The largest absolute Gasteiger partial charge is 0.384 e. The number of nitrogens with two attached hydrogens (primary N) is 1. The number of hydrogen-bond donors (Lipinski definition) is 5. The van der Waals surface area contributed by atoms with E-state index in [2.05, 4.69) is 10.3 Å². The molecule has 3 aromatic rings. The molecule has 0 aliphatic carbocycles. The van der Waals surface area contributed by atoms with E-state index in [0.717, 1.165) is 10.9 Å². The fraction of sp³-hybridized carbons (Fsp3) is 0.0556. The lowest BCUT2D eigenvalue weighted by molar-refractivity contribution is 0.102. The van der Waals surface area contributed by atoms with Gasteiger partial charge in [-0.2, -0.15) is 0 Å². The highest BCUT2D eigenvalue weighted by Crippen LogP contribution is 2.22. The van der Waals surface area contributed by atoms with Crippen LogP contribution in [0.4, 0.5) is 11.5 Å². The van der Waals surface area contributed by atoms with E-state index in [1.54, 1.807) is 35.8 Å². The first-order valence-corrected chi connectivity index (χ1v) is 7.56. The highest BCUT2D eigenvalue weighted by Gasteiger charge is 2.14. The number of nitrogens with one attached hydrogen (secondary N) is 3. The molecular weight excluding hydrogens is 318 g/mol. The highest BCUT2D eigenvalue weighted by molar-refractivity contribution is 6.13. The fourth-order valence-corrected chi connectivity index (χ4v) is 2.60. The second-order valence-corrected chi connectivity index (χ2v) is 5.58. The number of benzene rings is 2. The minimum atomic E-state index is -0.295. The molecule has 126 valence electrons. The summed E-state index contributed by atoms with van der Waals surface area (Å²) in [5, 5.41) is 19.9. The summed E-state index contributed by atoms with van der Waals surface area (Å²) in [6, 6.07) is 13.9. The number of hydrogen-bond acceptors (Lipinski definition) is 5. The lowest BCUT2D eigenvalue weighted by Gasteiger charge is -2.12. The molecule has 0 unspecified atom stereocenters. The number of carbonyl (C=O) groups is 1. The fourth-order valence-electron chi connectivity index (χ4n) is 2.60. The van der Waals surface area contributed by atoms with E-state index >= 15 is 0 Å². The Balaban J connectivity index is 1.94. The van der Waals surface area contributed by atoms with Crippen molar-refractivity contribution in [2.75, 3.05) is 11.1 Å². The minimum absolute atomic E-state index is 0.117. The second-order valence-electron chi connectivity index (χ2n) is 5.58. The number of anilines is 2. The van der Waals surface area contributed by atoms with Gasteiger partial charge < -0.3 is 11.1 Å². The van der Waals surface area contributed by atoms with E-state index in [-0.39, 0.29) is 17.6 Å². The van der Waals surface area contributed by atoms with Gasteiger partial charge in [0.15, 0.2) is 0 Å². The second kappa shape index (κ2) is 6.58. The SMILES string of the molecule is Cc1cc(C(=N)NO)ccc1NC(=O)c1cc(N)nc2ccccc12. The van der Waals surface area contributed by atoms with Crippen molar-refractivity contribution in [1.82, 2.24) is 10.5 Å². The molecule has 0 aliphatic rings. The average molecular weight is 335 g/mol. The van der Waals surface area contributed by atoms with Gasteiger partial charge in [-0.3, -0.25) is 20.9 Å². The van der Waals surface area contributed by atoms with Crippen LogP contribution in [0.25, 0.3) is 10.9 Å². The monoisotopic (exact) mass is 335 g/mol. The number of pyridine rings is 1. The lowest BCUT2D eigenvalue weighted by Crippen LogP contribution is -2.19. The first-order valence-electron chi connectivity index (χ1n) is 7.56. The number of para-hydroxylation sites is 1. The van der Waals surface area contributed by atoms with Gasteiger partial charge in [-0.15, -0.1) is 0 Å². The Morgan fingerprint density at radius 1 is 1.20 bits per heavy atom. The molecule has 1 heterocycles. The van der Waals surface area contributed by atoms with Crippen LogP contribution in [0, 0.1) is 12.3 Å². The first kappa shape index (κ1) is 16.4. The van der Waals surface area contributed by atoms with Crippen molar-refractivity contribution >= 4 is 34.2 Å². The first-order chi connectivity index (χ1) is 12.0. The Bertz CT molecular complexity index is 984. The van der Waals surface area contributed by atoms with Crippen molar-refractivity contribution in [3.63, 3.8) is 0 Å². The van der Waals surface area contributed by atoms with Crippen LogP contribution in [0.1, 0.15) is 21.5 Å². The van der Waals surface area contributed by atoms with Crippen molar-refractivity contribution < 1.29 is 10.0 Å². The molecule has 3 rings (SSSR count). The average Bonchev–Trinajstić information content (AvgIpc) is 2.61. The quantitative estimate of drug-likeness (QED) is 0.286. The number of aryl methyl sites for hydroxylation is 1. The van der Waals surface area contributed by atoms with Crippen LogP contribution in [-0.2, 0) is 0 Å². The zero-order valence-electron chi connectivity index (χ0n) is 13.5. The minimum Gasteiger partial charge on any atom is -0.384 e. The van der Waals surface area contributed by atoms with Crippen molar-refractivity contribution in [3.8, 4) is 0 Å². The van der Waals surface area contributed by atoms with Gasteiger partial charge in [0.1, 0.15) is 11.7 Å². The van der Waals surface area contributed by atoms with Crippen LogP contribution in [0.5, 0.6) is 0 Å². The van der Waals surface area contributed by atoms with Crippen LogP contribution < -0.4 is 16.5 Å². The predicted octanol–water partition coefficient (Wildman–Crippen LogP) is 2.68. The van der Waals surface area contributed by atoms with E-state index in [1.165, 1.54) is 0 Å². The Hall–Kier alpha value is -3.45. The van der Waals surface area contributed by atoms with E-state index in [9.17, 15) is 4.79 Å². The Labute approximate surface area is 144 Å². The number of hydroxylamine groups is 1. The number of nitrogen functional groups attached to an aromatic ring is 1. The topological polar surface area (TPSA) is 124 Å². The third kappa shape index (κ3) is 3.26. The van der Waals surface area contributed by atoms with E-state index in [0.29, 0.717) is 22.3 Å². The molecule has 0 saturated carbocycles. The molecule has 0 spiro atoms. The molecule has 0 radical (unpaired) electrons. The van der Waals surface area contributed by atoms with Gasteiger partial charge in [-0.25, -0.2) is 4.98 Å². The van der Waals surface area contributed by atoms with Crippen molar-refractivity contribution in [3.05, 3.63) is 65.2 Å². The number of rotatable bonds is 3. The zero-order chi connectivity index (χ0) is 18.0. The molecule has 7 nitrogen and oxygen atoms in total. The van der Waals surface area contributed by atoms with E-state index in [1.807, 2.05) is 25.1 Å². The van der Waals surface area contributed by atoms with Crippen molar-refractivity contribution in [2.45, 2.75) is 6.92 Å². The molecule has 1 amide bonds. The molecule has 6 N–H and O–H groups in total. The van der Waals surface area contributed by atoms with Gasteiger partial charge in [-0.1, -0.05) is 18.2 Å². The van der Waals surface area contributed by atoms with Crippen LogP contribution in [0.3, 0.4) is 0 Å². The molecule has 0 atom stereocenters. The summed E-state index contributed by atoms with van der Waals surface area (Å²) in [6.45, 7) is 1.81. The molecule has 2 aromatic carbocycles. The maximum atomic E-state index is 12.7. The Morgan fingerprint density at radius 2 is 1.96 bits per heavy atom. The van der Waals surface area contributed by atoms with Crippen molar-refractivity contribution in [2.24, 2.45) is 0 Å². The summed E-state index contributed by atoms with van der Waals surface area (Å²) < 4.78 is 0. The third-order valence-corrected chi connectivity index (χ3v) is 3.86. The molecule has 0 aliphatic heterocycles. The van der Waals surface area contributed by atoms with Crippen molar-refractivity contribution in [1.29, 1.82) is 5.41 Å². The van der Waals surface area contributed by atoms with Gasteiger partial charge >= 0.3 is 0 Å². The molecule has 0 saturated heterocycles. The van der Waals surface area contributed by atoms with Gasteiger partial charge in [0, 0.05) is 16.6 Å². The number of fused-ring (bicyclic) bond motifs is 1. The van der Waals surface area contributed by atoms with E-state index in [4.69, 9.17) is 16.4 Å². The Kier molecular flexibility index (Phi) is 4.32. The zero-order valence-corrected chi connectivity index (χ0v) is 13.5. The third-order valence-electron chi connectivity index (χ3n) is 3.86. The standard InChI is InChI=1S/C18H17N5O2/c1-10-8-11(17(20)23-25)6-7-14(10)22-18(24)13-9-16(19)21-15-5-3-2-4-12(13)15/h2-9,25H,1H3,(H2,19,21)(H2,20,23)(H,22,24). The smallest absolute Gasteiger partial charge is 0.256 e. The molecule has 7 heteroatoms. The van der Waals surface area contributed by atoms with Gasteiger partial charge in [-0.05, 0) is 42.8 Å². The Morgan fingerprint density at radius 3 is 2.68 bits per heavy atom. The summed E-state index contributed by atoms with van der Waals surface area (Å²) in [4.78, 5) is 16.9. The van der Waals surface area contributed by atoms with Gasteiger partial charge in [0.25, 0.3) is 5.91 Å². The maximum absolute atomic E-state index is 12.7. The molecular formula is C18H17N5O2. The lowest BCUT2D eigenvalue weighted by atomic mass is 10.1. The van der Waals surface area contributed by atoms with Crippen LogP contribution >= 0.6 is 0 Å². The van der Waals surface area contributed by atoms with Crippen LogP contribution in [0.2, 0.25) is 0 Å². The normalized spacial score (nSPS) is 10.5. The molecule has 0 bridgehead atoms. The summed E-state index contributed by atoms with van der Waals surface area (Å²) in [5.74, 6) is -0.135. The molecule has 0 fully saturated rings. The van der Waals surface area contributed by atoms with Gasteiger partial charge in [0.05, 0.1) is 11.1 Å².